The highest BCUT2D eigenvalue weighted by Crippen LogP contribution is 2.36. The fourth-order valence-electron chi connectivity index (χ4n) is 1.85. The molecule has 1 saturated carbocycles. The first-order valence-corrected chi connectivity index (χ1v) is 6.05. The summed E-state index contributed by atoms with van der Waals surface area (Å²) in [5.74, 6) is -2.59. The molecular formula is C11H21F2N3O. The van der Waals surface area contributed by atoms with E-state index in [2.05, 4.69) is 10.6 Å². The largest absolute Gasteiger partial charge is 0.338 e. The maximum atomic E-state index is 13.0. The predicted octanol–water partition coefficient (Wildman–Crippen LogP) is 1.60. The number of alkyl halides is 2. The van der Waals surface area contributed by atoms with Gasteiger partial charge in [-0.2, -0.15) is 0 Å². The van der Waals surface area contributed by atoms with Crippen molar-refractivity contribution in [1.82, 2.24) is 10.6 Å². The second kappa shape index (κ2) is 5.62. The summed E-state index contributed by atoms with van der Waals surface area (Å²) in [5, 5.41) is 5.29. The Balaban J connectivity index is 2.29. The molecule has 6 heteroatoms. The Kier molecular flexibility index (Phi) is 4.68. The summed E-state index contributed by atoms with van der Waals surface area (Å²) < 4.78 is 25.9. The molecule has 0 aliphatic heterocycles. The molecule has 0 unspecified atom stereocenters. The molecular weight excluding hydrogens is 228 g/mol. The standard InChI is InChI=1S/C11H21F2N3O/c1-2-7-15-9(17)16-8-10(14)3-5-11(12,13)6-4-10/h2-8,14H2,1H3,(H2,15,16,17). The fraction of sp³-hybridized carbons (Fsp3) is 0.909. The Labute approximate surface area is 100 Å². The Bertz CT molecular complexity index is 261. The summed E-state index contributed by atoms with van der Waals surface area (Å²) in [7, 11) is 0. The van der Waals surface area contributed by atoms with Crippen LogP contribution < -0.4 is 16.4 Å². The van der Waals surface area contributed by atoms with E-state index >= 15 is 0 Å². The minimum absolute atomic E-state index is 0.193. The number of amides is 2. The molecule has 0 bridgehead atoms. The number of carbonyl (C=O) groups is 1. The zero-order valence-corrected chi connectivity index (χ0v) is 10.2. The lowest BCUT2D eigenvalue weighted by atomic mass is 9.80. The number of halogens is 2. The van der Waals surface area contributed by atoms with Gasteiger partial charge in [-0.05, 0) is 19.3 Å². The van der Waals surface area contributed by atoms with Crippen molar-refractivity contribution in [3.63, 3.8) is 0 Å². The van der Waals surface area contributed by atoms with Crippen LogP contribution in [0.1, 0.15) is 39.0 Å². The summed E-state index contributed by atoms with van der Waals surface area (Å²) in [6, 6.07) is -0.283. The average Bonchev–Trinajstić information content (AvgIpc) is 2.29. The Morgan fingerprint density at radius 3 is 2.35 bits per heavy atom. The highest BCUT2D eigenvalue weighted by atomic mass is 19.3. The summed E-state index contributed by atoms with van der Waals surface area (Å²) >= 11 is 0. The maximum Gasteiger partial charge on any atom is 0.314 e. The predicted molar refractivity (Wildman–Crippen MR) is 62.0 cm³/mol. The summed E-state index contributed by atoms with van der Waals surface area (Å²) in [4.78, 5) is 11.3. The van der Waals surface area contributed by atoms with Gasteiger partial charge in [0.25, 0.3) is 0 Å². The van der Waals surface area contributed by atoms with Crippen molar-refractivity contribution in [3.05, 3.63) is 0 Å². The van der Waals surface area contributed by atoms with E-state index in [4.69, 9.17) is 5.73 Å². The molecule has 0 heterocycles. The van der Waals surface area contributed by atoms with Crippen LogP contribution in [0.15, 0.2) is 0 Å². The van der Waals surface area contributed by atoms with E-state index in [1.54, 1.807) is 0 Å². The van der Waals surface area contributed by atoms with Crippen molar-refractivity contribution < 1.29 is 13.6 Å². The van der Waals surface area contributed by atoms with Gasteiger partial charge in [-0.25, -0.2) is 13.6 Å². The molecule has 4 nitrogen and oxygen atoms in total. The molecule has 0 spiro atoms. The van der Waals surface area contributed by atoms with Crippen LogP contribution in [0.4, 0.5) is 13.6 Å². The molecule has 0 aromatic carbocycles. The fourth-order valence-corrected chi connectivity index (χ4v) is 1.85. The minimum Gasteiger partial charge on any atom is -0.338 e. The summed E-state index contributed by atoms with van der Waals surface area (Å²) in [6.45, 7) is 2.80. The zero-order valence-electron chi connectivity index (χ0n) is 10.2. The topological polar surface area (TPSA) is 67.2 Å². The molecule has 100 valence electrons. The molecule has 1 fully saturated rings. The Morgan fingerprint density at radius 1 is 1.24 bits per heavy atom. The van der Waals surface area contributed by atoms with Gasteiger partial charge in [0.05, 0.1) is 0 Å². The van der Waals surface area contributed by atoms with Crippen molar-refractivity contribution >= 4 is 6.03 Å². The number of urea groups is 1. The molecule has 1 aliphatic rings. The number of rotatable bonds is 4. The third kappa shape index (κ3) is 4.85. The lowest BCUT2D eigenvalue weighted by Gasteiger charge is -2.37. The number of hydrogen-bond donors (Lipinski definition) is 3. The van der Waals surface area contributed by atoms with Gasteiger partial charge in [0.2, 0.25) is 5.92 Å². The molecule has 4 N–H and O–H groups in total. The number of nitrogens with one attached hydrogen (secondary N) is 2. The van der Waals surface area contributed by atoms with Crippen LogP contribution in [0.25, 0.3) is 0 Å². The first kappa shape index (κ1) is 14.2. The van der Waals surface area contributed by atoms with Gasteiger partial charge in [0.1, 0.15) is 0 Å². The van der Waals surface area contributed by atoms with E-state index in [-0.39, 0.29) is 38.3 Å². The highest BCUT2D eigenvalue weighted by molar-refractivity contribution is 5.73. The SMILES string of the molecule is CCCNC(=O)NCC1(N)CCC(F)(F)CC1. The number of carbonyl (C=O) groups excluding carboxylic acids is 1. The number of hydrogen-bond acceptors (Lipinski definition) is 2. The Hall–Kier alpha value is -0.910. The van der Waals surface area contributed by atoms with Crippen LogP contribution in [0.5, 0.6) is 0 Å². The van der Waals surface area contributed by atoms with E-state index in [0.29, 0.717) is 6.54 Å². The van der Waals surface area contributed by atoms with Crippen molar-refractivity contribution in [2.45, 2.75) is 50.5 Å². The van der Waals surface area contributed by atoms with Crippen LogP contribution in [0.2, 0.25) is 0 Å². The highest BCUT2D eigenvalue weighted by Gasteiger charge is 2.41. The monoisotopic (exact) mass is 249 g/mol. The van der Waals surface area contributed by atoms with Gasteiger partial charge in [0.15, 0.2) is 0 Å². The van der Waals surface area contributed by atoms with Gasteiger partial charge in [-0.3, -0.25) is 0 Å². The van der Waals surface area contributed by atoms with E-state index in [1.807, 2.05) is 6.92 Å². The van der Waals surface area contributed by atoms with Crippen molar-refractivity contribution in [1.29, 1.82) is 0 Å². The van der Waals surface area contributed by atoms with Gasteiger partial charge >= 0.3 is 6.03 Å². The first-order valence-electron chi connectivity index (χ1n) is 6.05. The summed E-state index contributed by atoms with van der Waals surface area (Å²) in [6.07, 6.45) is 0.957. The second-order valence-corrected chi connectivity index (χ2v) is 4.83. The molecule has 17 heavy (non-hydrogen) atoms. The first-order chi connectivity index (χ1) is 7.87. The molecule has 0 saturated heterocycles. The van der Waals surface area contributed by atoms with Gasteiger partial charge in [0, 0.05) is 31.5 Å². The Morgan fingerprint density at radius 2 is 1.82 bits per heavy atom. The quantitative estimate of drug-likeness (QED) is 0.708. The minimum atomic E-state index is -2.59. The van der Waals surface area contributed by atoms with E-state index in [9.17, 15) is 13.6 Å². The normalized spacial score (nSPS) is 21.9. The van der Waals surface area contributed by atoms with Crippen LogP contribution in [0.3, 0.4) is 0 Å². The van der Waals surface area contributed by atoms with Crippen molar-refractivity contribution in [3.8, 4) is 0 Å². The molecule has 0 aromatic rings. The molecule has 2 amide bonds. The lowest BCUT2D eigenvalue weighted by Crippen LogP contribution is -2.55. The van der Waals surface area contributed by atoms with Crippen LogP contribution in [0, 0.1) is 0 Å². The third-order valence-electron chi connectivity index (χ3n) is 3.11. The third-order valence-corrected chi connectivity index (χ3v) is 3.11. The molecule has 0 atom stereocenters. The summed E-state index contributed by atoms with van der Waals surface area (Å²) in [5.41, 5.74) is 5.29. The van der Waals surface area contributed by atoms with Crippen molar-refractivity contribution in [2.75, 3.05) is 13.1 Å². The van der Waals surface area contributed by atoms with Crippen LogP contribution >= 0.6 is 0 Å². The zero-order chi connectivity index (χ0) is 12.9. The second-order valence-electron chi connectivity index (χ2n) is 4.83. The van der Waals surface area contributed by atoms with E-state index in [0.717, 1.165) is 6.42 Å². The number of nitrogens with two attached hydrogens (primary N) is 1. The van der Waals surface area contributed by atoms with Crippen molar-refractivity contribution in [2.24, 2.45) is 5.73 Å². The molecule has 1 aliphatic carbocycles. The van der Waals surface area contributed by atoms with Crippen LogP contribution in [-0.2, 0) is 0 Å². The molecule has 1 rings (SSSR count). The van der Waals surface area contributed by atoms with Gasteiger partial charge in [-0.1, -0.05) is 6.92 Å². The smallest absolute Gasteiger partial charge is 0.314 e. The van der Waals surface area contributed by atoms with Gasteiger partial charge in [-0.15, -0.1) is 0 Å². The van der Waals surface area contributed by atoms with E-state index < -0.39 is 11.5 Å². The average molecular weight is 249 g/mol. The maximum absolute atomic E-state index is 13.0. The lowest BCUT2D eigenvalue weighted by molar-refractivity contribution is -0.0499. The van der Waals surface area contributed by atoms with Crippen LogP contribution in [-0.4, -0.2) is 30.6 Å². The molecule has 0 radical (unpaired) electrons. The van der Waals surface area contributed by atoms with E-state index in [1.165, 1.54) is 0 Å². The van der Waals surface area contributed by atoms with Gasteiger partial charge < -0.3 is 16.4 Å². The molecule has 0 aromatic heterocycles.